The van der Waals surface area contributed by atoms with Gasteiger partial charge in [-0.25, -0.2) is 4.79 Å². The average molecular weight is 443 g/mol. The lowest BCUT2D eigenvalue weighted by molar-refractivity contribution is 0.0526. The van der Waals surface area contributed by atoms with Gasteiger partial charge >= 0.3 is 5.97 Å². The summed E-state index contributed by atoms with van der Waals surface area (Å²) in [5, 5.41) is 3.31. The predicted molar refractivity (Wildman–Crippen MR) is 98.1 cm³/mol. The van der Waals surface area contributed by atoms with E-state index in [2.05, 4.69) is 37.2 Å². The van der Waals surface area contributed by atoms with Gasteiger partial charge in [0.05, 0.1) is 23.8 Å². The monoisotopic (exact) mass is 441 g/mol. The van der Waals surface area contributed by atoms with Crippen LogP contribution in [0.2, 0.25) is 0 Å². The number of carbonyl (C=O) groups excluding carboxylic acids is 1. The molecule has 0 amide bonds. The van der Waals surface area contributed by atoms with E-state index in [4.69, 9.17) is 9.47 Å². The van der Waals surface area contributed by atoms with Gasteiger partial charge in [-0.1, -0.05) is 15.9 Å². The number of hydrogen-bond acceptors (Lipinski definition) is 4. The van der Waals surface area contributed by atoms with Gasteiger partial charge in [-0.15, -0.1) is 0 Å². The second-order valence-electron chi connectivity index (χ2n) is 4.73. The van der Waals surface area contributed by atoms with Crippen molar-refractivity contribution in [2.45, 2.75) is 13.5 Å². The average Bonchev–Trinajstić information content (AvgIpc) is 2.53. The lowest BCUT2D eigenvalue weighted by atomic mass is 10.1. The SMILES string of the molecule is CCOC(=O)c1ccc(NCc2cc(Br)cc(Br)c2OC)cc1. The summed E-state index contributed by atoms with van der Waals surface area (Å²) in [5.74, 6) is 0.487. The number of methoxy groups -OCH3 is 1. The summed E-state index contributed by atoms with van der Waals surface area (Å²) in [7, 11) is 1.64. The molecule has 4 nitrogen and oxygen atoms in total. The Morgan fingerprint density at radius 3 is 2.48 bits per heavy atom. The largest absolute Gasteiger partial charge is 0.495 e. The zero-order valence-electron chi connectivity index (χ0n) is 12.9. The molecular weight excluding hydrogens is 426 g/mol. The molecule has 0 radical (unpaired) electrons. The summed E-state index contributed by atoms with van der Waals surface area (Å²) in [6, 6.07) is 11.1. The molecule has 0 aromatic heterocycles. The molecule has 0 unspecified atom stereocenters. The van der Waals surface area contributed by atoms with E-state index in [-0.39, 0.29) is 5.97 Å². The third-order valence-electron chi connectivity index (χ3n) is 3.17. The first-order valence-corrected chi connectivity index (χ1v) is 8.66. The van der Waals surface area contributed by atoms with E-state index >= 15 is 0 Å². The van der Waals surface area contributed by atoms with E-state index in [1.807, 2.05) is 24.3 Å². The molecule has 6 heteroatoms. The third-order valence-corrected chi connectivity index (χ3v) is 4.22. The molecule has 0 atom stereocenters. The van der Waals surface area contributed by atoms with E-state index in [0.29, 0.717) is 18.7 Å². The van der Waals surface area contributed by atoms with Gasteiger partial charge in [0.2, 0.25) is 0 Å². The Bertz CT molecular complexity index is 687. The Morgan fingerprint density at radius 2 is 1.87 bits per heavy atom. The minimum Gasteiger partial charge on any atom is -0.495 e. The minimum atomic E-state index is -0.309. The number of rotatable bonds is 6. The highest BCUT2D eigenvalue weighted by atomic mass is 79.9. The molecular formula is C17H17Br2NO3. The summed E-state index contributed by atoms with van der Waals surface area (Å²) >= 11 is 6.97. The van der Waals surface area contributed by atoms with Crippen molar-refractivity contribution in [2.75, 3.05) is 19.0 Å². The standard InChI is InChI=1S/C17H17Br2NO3/c1-3-23-17(21)11-4-6-14(7-5-11)20-10-12-8-13(18)9-15(19)16(12)22-2/h4-9,20H,3,10H2,1-2H3. The fraction of sp³-hybridized carbons (Fsp3) is 0.235. The maximum absolute atomic E-state index is 11.6. The number of anilines is 1. The van der Waals surface area contributed by atoms with Crippen LogP contribution < -0.4 is 10.1 Å². The van der Waals surface area contributed by atoms with E-state index in [9.17, 15) is 4.79 Å². The van der Waals surface area contributed by atoms with E-state index in [0.717, 1.165) is 25.9 Å². The van der Waals surface area contributed by atoms with Crippen molar-refractivity contribution in [2.24, 2.45) is 0 Å². The maximum atomic E-state index is 11.6. The quantitative estimate of drug-likeness (QED) is 0.638. The van der Waals surface area contributed by atoms with Gasteiger partial charge in [-0.3, -0.25) is 0 Å². The number of halogens is 2. The molecule has 23 heavy (non-hydrogen) atoms. The fourth-order valence-corrected chi connectivity index (χ4v) is 3.59. The summed E-state index contributed by atoms with van der Waals surface area (Å²) in [6.07, 6.45) is 0. The molecule has 0 heterocycles. The molecule has 2 rings (SSSR count). The zero-order chi connectivity index (χ0) is 16.8. The molecule has 1 N–H and O–H groups in total. The Kier molecular flexibility index (Phi) is 6.47. The topological polar surface area (TPSA) is 47.6 Å². The Hall–Kier alpha value is -1.53. The van der Waals surface area contributed by atoms with Crippen molar-refractivity contribution >= 4 is 43.5 Å². The lowest BCUT2D eigenvalue weighted by Crippen LogP contribution is -2.05. The molecule has 0 aliphatic carbocycles. The number of esters is 1. The molecule has 0 bridgehead atoms. The number of ether oxygens (including phenoxy) is 2. The summed E-state index contributed by atoms with van der Waals surface area (Å²) in [4.78, 5) is 11.6. The van der Waals surface area contributed by atoms with Crippen LogP contribution in [0.1, 0.15) is 22.8 Å². The van der Waals surface area contributed by atoms with E-state index in [1.165, 1.54) is 0 Å². The molecule has 0 spiro atoms. The van der Waals surface area contributed by atoms with Gasteiger partial charge in [0.1, 0.15) is 5.75 Å². The molecule has 0 aliphatic rings. The van der Waals surface area contributed by atoms with Crippen LogP contribution in [0.5, 0.6) is 5.75 Å². The van der Waals surface area contributed by atoms with E-state index < -0.39 is 0 Å². The van der Waals surface area contributed by atoms with Gasteiger partial charge < -0.3 is 14.8 Å². The maximum Gasteiger partial charge on any atom is 0.338 e. The third kappa shape index (κ3) is 4.72. The van der Waals surface area contributed by atoms with Gasteiger partial charge in [0.15, 0.2) is 0 Å². The highest BCUT2D eigenvalue weighted by Gasteiger charge is 2.10. The van der Waals surface area contributed by atoms with Gasteiger partial charge in [0.25, 0.3) is 0 Å². The highest BCUT2D eigenvalue weighted by Crippen LogP contribution is 2.33. The van der Waals surface area contributed by atoms with Crippen molar-refractivity contribution in [3.63, 3.8) is 0 Å². The molecule has 2 aromatic carbocycles. The minimum absolute atomic E-state index is 0.309. The fourth-order valence-electron chi connectivity index (χ4n) is 2.11. The van der Waals surface area contributed by atoms with Crippen molar-refractivity contribution in [1.82, 2.24) is 0 Å². The van der Waals surface area contributed by atoms with Gasteiger partial charge in [-0.2, -0.15) is 0 Å². The van der Waals surface area contributed by atoms with Crippen LogP contribution in [0.3, 0.4) is 0 Å². The molecule has 2 aromatic rings. The molecule has 0 fully saturated rings. The number of nitrogens with one attached hydrogen (secondary N) is 1. The van der Waals surface area contributed by atoms with Crippen LogP contribution >= 0.6 is 31.9 Å². The summed E-state index contributed by atoms with van der Waals surface area (Å²) in [5.41, 5.74) is 2.47. The molecule has 0 aliphatic heterocycles. The first kappa shape index (κ1) is 17.8. The molecule has 122 valence electrons. The Labute approximate surface area is 152 Å². The smallest absolute Gasteiger partial charge is 0.338 e. The Morgan fingerprint density at radius 1 is 1.17 bits per heavy atom. The second kappa shape index (κ2) is 8.36. The second-order valence-corrected chi connectivity index (χ2v) is 6.50. The number of carbonyl (C=O) groups is 1. The first-order valence-electron chi connectivity index (χ1n) is 7.08. The number of hydrogen-bond donors (Lipinski definition) is 1. The zero-order valence-corrected chi connectivity index (χ0v) is 16.0. The van der Waals surface area contributed by atoms with Crippen LogP contribution in [0.25, 0.3) is 0 Å². The van der Waals surface area contributed by atoms with Crippen LogP contribution in [-0.2, 0) is 11.3 Å². The predicted octanol–water partition coefficient (Wildman–Crippen LogP) is 5.01. The van der Waals surface area contributed by atoms with Crippen molar-refractivity contribution in [1.29, 1.82) is 0 Å². The van der Waals surface area contributed by atoms with Crippen LogP contribution in [0, 0.1) is 0 Å². The van der Waals surface area contributed by atoms with Crippen molar-refractivity contribution < 1.29 is 14.3 Å². The number of benzene rings is 2. The van der Waals surface area contributed by atoms with Crippen LogP contribution in [0.4, 0.5) is 5.69 Å². The first-order chi connectivity index (χ1) is 11.0. The highest BCUT2D eigenvalue weighted by molar-refractivity contribution is 9.11. The lowest BCUT2D eigenvalue weighted by Gasteiger charge is -2.13. The van der Waals surface area contributed by atoms with Crippen molar-refractivity contribution in [3.05, 3.63) is 56.5 Å². The normalized spacial score (nSPS) is 10.3. The Balaban J connectivity index is 2.08. The van der Waals surface area contributed by atoms with E-state index in [1.54, 1.807) is 26.2 Å². The summed E-state index contributed by atoms with van der Waals surface area (Å²) < 4.78 is 12.3. The van der Waals surface area contributed by atoms with Gasteiger partial charge in [0, 0.05) is 22.3 Å². The van der Waals surface area contributed by atoms with Gasteiger partial charge in [-0.05, 0) is 59.3 Å². The molecule has 0 saturated heterocycles. The summed E-state index contributed by atoms with van der Waals surface area (Å²) in [6.45, 7) is 2.76. The van der Waals surface area contributed by atoms with Crippen LogP contribution in [0.15, 0.2) is 45.3 Å². The van der Waals surface area contributed by atoms with Crippen LogP contribution in [-0.4, -0.2) is 19.7 Å². The van der Waals surface area contributed by atoms with Crippen molar-refractivity contribution in [3.8, 4) is 5.75 Å². The molecule has 0 saturated carbocycles.